The smallest absolute Gasteiger partial charge is 0.131 e. The summed E-state index contributed by atoms with van der Waals surface area (Å²) in [5, 5.41) is 10.7. The van der Waals surface area contributed by atoms with E-state index >= 15 is 0 Å². The molecular weight excluding hydrogens is 278 g/mol. The molecule has 17 heavy (non-hydrogen) atoms. The third-order valence-corrected chi connectivity index (χ3v) is 6.58. The van der Waals surface area contributed by atoms with Crippen LogP contribution >= 0.6 is 15.9 Å². The van der Waals surface area contributed by atoms with Crippen LogP contribution in [0, 0.1) is 5.41 Å². The molecule has 2 aliphatic rings. The molecule has 2 nitrogen and oxygen atoms in total. The van der Waals surface area contributed by atoms with Crippen molar-refractivity contribution in [2.24, 2.45) is 5.41 Å². The van der Waals surface area contributed by atoms with Gasteiger partial charge in [0.25, 0.3) is 0 Å². The van der Waals surface area contributed by atoms with Crippen molar-refractivity contribution < 1.29 is 5.11 Å². The van der Waals surface area contributed by atoms with Gasteiger partial charge in [0.2, 0.25) is 0 Å². The molecule has 3 atom stereocenters. The molecule has 0 unspecified atom stereocenters. The lowest BCUT2D eigenvalue weighted by Crippen LogP contribution is -2.49. The number of alkyl halides is 1. The van der Waals surface area contributed by atoms with Gasteiger partial charge in [-0.2, -0.15) is 0 Å². The average Bonchev–Trinajstić information content (AvgIpc) is 2.79. The lowest BCUT2D eigenvalue weighted by atomic mass is 10.1. The van der Waals surface area contributed by atoms with Crippen LogP contribution in [0.1, 0.15) is 25.8 Å². The third kappa shape index (κ3) is 1.46. The van der Waals surface area contributed by atoms with Crippen LogP contribution in [0.4, 0.5) is 0 Å². The van der Waals surface area contributed by atoms with Gasteiger partial charge in [0.15, 0.2) is 0 Å². The molecule has 0 bridgehead atoms. The largest absolute Gasteiger partial charge is 0.374 e. The molecule has 0 aromatic heterocycles. The number of hydrogen-bond donors (Lipinski definition) is 1. The first-order chi connectivity index (χ1) is 7.89. The number of halogens is 1. The zero-order chi connectivity index (χ0) is 12.3. The number of aliphatic hydroxyl groups is 1. The van der Waals surface area contributed by atoms with Crippen LogP contribution in [0.2, 0.25) is 0 Å². The Balaban J connectivity index is 1.83. The summed E-state index contributed by atoms with van der Waals surface area (Å²) >= 11 is 3.76. The van der Waals surface area contributed by atoms with Crippen molar-refractivity contribution >= 4 is 15.9 Å². The summed E-state index contributed by atoms with van der Waals surface area (Å²) in [6, 6.07) is 10.3. The Morgan fingerprint density at radius 1 is 1.29 bits per heavy atom. The van der Waals surface area contributed by atoms with Crippen molar-refractivity contribution in [1.29, 1.82) is 0 Å². The Morgan fingerprint density at radius 3 is 2.47 bits per heavy atom. The number of piperidine rings is 1. The summed E-state index contributed by atoms with van der Waals surface area (Å²) in [5.41, 5.74) is 0.733. The van der Waals surface area contributed by atoms with Crippen molar-refractivity contribution in [3.63, 3.8) is 0 Å². The second kappa shape index (κ2) is 3.34. The Bertz CT molecular complexity index is 447. The maximum atomic E-state index is 10.7. The van der Waals surface area contributed by atoms with Crippen molar-refractivity contribution in [3.05, 3.63) is 35.9 Å². The minimum absolute atomic E-state index is 0.109. The molecule has 1 aliphatic heterocycles. The van der Waals surface area contributed by atoms with Gasteiger partial charge in [-0.05, 0) is 18.9 Å². The first-order valence-electron chi connectivity index (χ1n) is 6.09. The molecule has 3 heteroatoms. The van der Waals surface area contributed by atoms with E-state index in [-0.39, 0.29) is 9.74 Å². The Morgan fingerprint density at radius 2 is 1.94 bits per heavy atom. The highest BCUT2D eigenvalue weighted by Crippen LogP contribution is 2.72. The maximum Gasteiger partial charge on any atom is 0.131 e. The van der Waals surface area contributed by atoms with E-state index in [0.29, 0.717) is 0 Å². The molecule has 1 aromatic carbocycles. The van der Waals surface area contributed by atoms with E-state index in [0.717, 1.165) is 19.5 Å². The minimum Gasteiger partial charge on any atom is -0.374 e. The number of benzene rings is 1. The van der Waals surface area contributed by atoms with Crippen LogP contribution in [0.25, 0.3) is 0 Å². The van der Waals surface area contributed by atoms with Gasteiger partial charge in [0.1, 0.15) is 5.72 Å². The van der Waals surface area contributed by atoms with Gasteiger partial charge in [-0.15, -0.1) is 0 Å². The summed E-state index contributed by atoms with van der Waals surface area (Å²) in [4.78, 5) is 2.18. The van der Waals surface area contributed by atoms with Gasteiger partial charge in [-0.25, -0.2) is 0 Å². The molecule has 0 spiro atoms. The Kier molecular flexibility index (Phi) is 2.30. The lowest BCUT2D eigenvalue weighted by Gasteiger charge is -2.35. The van der Waals surface area contributed by atoms with Crippen LogP contribution in [0.15, 0.2) is 30.3 Å². The molecule has 1 aromatic rings. The number of likely N-dealkylation sites (tertiary alicyclic amines) is 1. The molecular formula is C14H18BrNO. The topological polar surface area (TPSA) is 23.5 Å². The number of rotatable bonds is 2. The van der Waals surface area contributed by atoms with Crippen molar-refractivity contribution in [3.8, 4) is 0 Å². The summed E-state index contributed by atoms with van der Waals surface area (Å²) < 4.78 is -0.109. The zero-order valence-electron chi connectivity index (χ0n) is 10.3. The third-order valence-electron chi connectivity index (χ3n) is 4.59. The van der Waals surface area contributed by atoms with E-state index in [9.17, 15) is 5.11 Å². The predicted octanol–water partition coefficient (Wildman–Crippen LogP) is 2.75. The highest BCUT2D eigenvalue weighted by molar-refractivity contribution is 9.10. The molecule has 0 amide bonds. The second-order valence-corrected chi connectivity index (χ2v) is 7.25. The maximum absolute atomic E-state index is 10.7. The molecule has 92 valence electrons. The summed E-state index contributed by atoms with van der Waals surface area (Å²) in [6.07, 6.45) is 1.07. The monoisotopic (exact) mass is 295 g/mol. The first-order valence-corrected chi connectivity index (χ1v) is 6.89. The van der Waals surface area contributed by atoms with Gasteiger partial charge >= 0.3 is 0 Å². The van der Waals surface area contributed by atoms with Crippen molar-refractivity contribution in [2.75, 3.05) is 6.54 Å². The van der Waals surface area contributed by atoms with Gasteiger partial charge in [-0.3, -0.25) is 4.90 Å². The lowest BCUT2D eigenvalue weighted by molar-refractivity contribution is -0.0810. The molecule has 1 saturated heterocycles. The fourth-order valence-corrected chi connectivity index (χ4v) is 4.25. The number of fused-ring (bicyclic) bond motifs is 1. The Labute approximate surface area is 111 Å². The van der Waals surface area contributed by atoms with Crippen molar-refractivity contribution in [2.45, 2.75) is 36.9 Å². The average molecular weight is 296 g/mol. The standard InChI is InChI=1S/C14H18BrNO/c1-12-9-14(12,15)13(2,17)16(10-12)8-11-6-4-3-5-7-11/h3-7,17H,8-10H2,1-2H3/t12-,13+,14+/m1/s1. The Hall–Kier alpha value is -0.380. The van der Waals surface area contributed by atoms with Crippen molar-refractivity contribution in [1.82, 2.24) is 4.90 Å². The molecule has 1 N–H and O–H groups in total. The quantitative estimate of drug-likeness (QED) is 0.848. The molecule has 0 radical (unpaired) electrons. The molecule has 3 rings (SSSR count). The van der Waals surface area contributed by atoms with E-state index in [1.54, 1.807) is 0 Å². The zero-order valence-corrected chi connectivity index (χ0v) is 11.9. The van der Waals surface area contributed by atoms with E-state index in [1.807, 2.05) is 25.1 Å². The number of hydrogen-bond acceptors (Lipinski definition) is 2. The summed E-state index contributed by atoms with van der Waals surface area (Å²) in [6.45, 7) is 5.96. The van der Waals surface area contributed by atoms with Crippen LogP contribution in [0.5, 0.6) is 0 Å². The van der Waals surface area contributed by atoms with E-state index < -0.39 is 5.72 Å². The van der Waals surface area contributed by atoms with Gasteiger partial charge < -0.3 is 5.11 Å². The normalized spacial score (nSPS) is 44.7. The molecule has 1 saturated carbocycles. The van der Waals surface area contributed by atoms with Crippen LogP contribution < -0.4 is 0 Å². The molecule has 1 heterocycles. The van der Waals surface area contributed by atoms with Crippen LogP contribution in [0.3, 0.4) is 0 Å². The van der Waals surface area contributed by atoms with E-state index in [1.165, 1.54) is 5.56 Å². The van der Waals surface area contributed by atoms with Gasteiger partial charge in [0.05, 0.1) is 4.32 Å². The predicted molar refractivity (Wildman–Crippen MR) is 71.9 cm³/mol. The van der Waals surface area contributed by atoms with Crippen LogP contribution in [-0.2, 0) is 6.54 Å². The van der Waals surface area contributed by atoms with Gasteiger partial charge in [0, 0.05) is 18.5 Å². The summed E-state index contributed by atoms with van der Waals surface area (Å²) in [7, 11) is 0. The van der Waals surface area contributed by atoms with E-state index in [4.69, 9.17) is 0 Å². The summed E-state index contributed by atoms with van der Waals surface area (Å²) in [5.74, 6) is 0. The fourth-order valence-electron chi connectivity index (χ4n) is 3.25. The van der Waals surface area contributed by atoms with E-state index in [2.05, 4.69) is 39.9 Å². The SMILES string of the molecule is C[C@@]12CN(Cc3ccccc3)[C@@](C)(O)[C@]1(Br)C2. The van der Waals surface area contributed by atoms with Gasteiger partial charge in [-0.1, -0.05) is 53.2 Å². The minimum atomic E-state index is -0.752. The number of nitrogens with zero attached hydrogens (tertiary/aromatic N) is 1. The molecule has 1 aliphatic carbocycles. The highest BCUT2D eigenvalue weighted by Gasteiger charge is 2.77. The fraction of sp³-hybridized carbons (Fsp3) is 0.571. The molecule has 2 fully saturated rings. The first kappa shape index (κ1) is 11.7. The highest BCUT2D eigenvalue weighted by atomic mass is 79.9. The van der Waals surface area contributed by atoms with Crippen LogP contribution in [-0.4, -0.2) is 26.6 Å². The second-order valence-electron chi connectivity index (χ2n) is 5.90.